The van der Waals surface area contributed by atoms with Crippen LogP contribution in [-0.4, -0.2) is 9.55 Å². The molecule has 0 amide bonds. The minimum atomic E-state index is -0.251. The van der Waals surface area contributed by atoms with Crippen molar-refractivity contribution in [2.24, 2.45) is 5.73 Å². The standard InChI is InChI=1S/C15H22FN3/c1-3-4-5-6-9-19-14-8-7-12(16)10-13(14)18-15(19)11(2)17/h7-8,10-11H,3-6,9,17H2,1-2H3. The maximum atomic E-state index is 13.3. The highest BCUT2D eigenvalue weighted by atomic mass is 19.1. The molecule has 3 nitrogen and oxygen atoms in total. The lowest BCUT2D eigenvalue weighted by molar-refractivity contribution is 0.558. The second-order valence-corrected chi connectivity index (χ2v) is 5.10. The summed E-state index contributed by atoms with van der Waals surface area (Å²) < 4.78 is 15.4. The van der Waals surface area contributed by atoms with Gasteiger partial charge in [-0.05, 0) is 25.5 Å². The summed E-state index contributed by atoms with van der Waals surface area (Å²) in [6, 6.07) is 4.62. The Labute approximate surface area is 113 Å². The van der Waals surface area contributed by atoms with E-state index in [9.17, 15) is 4.39 Å². The van der Waals surface area contributed by atoms with Crippen molar-refractivity contribution in [3.05, 3.63) is 29.8 Å². The Morgan fingerprint density at radius 1 is 1.32 bits per heavy atom. The first kappa shape index (κ1) is 14.0. The molecule has 1 aromatic carbocycles. The molecule has 1 unspecified atom stereocenters. The molecule has 0 bridgehead atoms. The smallest absolute Gasteiger partial charge is 0.126 e. The Balaban J connectivity index is 2.30. The minimum Gasteiger partial charge on any atom is -0.327 e. The van der Waals surface area contributed by atoms with E-state index in [1.54, 1.807) is 6.07 Å². The van der Waals surface area contributed by atoms with Gasteiger partial charge in [-0.1, -0.05) is 26.2 Å². The number of rotatable bonds is 6. The molecule has 0 radical (unpaired) electrons. The SMILES string of the molecule is CCCCCCn1c(C(C)N)nc2cc(F)ccc21. The van der Waals surface area contributed by atoms with Gasteiger partial charge in [-0.25, -0.2) is 9.37 Å². The number of hydrogen-bond acceptors (Lipinski definition) is 2. The summed E-state index contributed by atoms with van der Waals surface area (Å²) >= 11 is 0. The van der Waals surface area contributed by atoms with Crippen LogP contribution in [0.25, 0.3) is 11.0 Å². The van der Waals surface area contributed by atoms with E-state index in [0.717, 1.165) is 24.3 Å². The van der Waals surface area contributed by atoms with Crippen LogP contribution in [0.3, 0.4) is 0 Å². The molecule has 0 saturated heterocycles. The number of fused-ring (bicyclic) bond motifs is 1. The van der Waals surface area contributed by atoms with Crippen LogP contribution < -0.4 is 5.73 Å². The number of aromatic nitrogens is 2. The highest BCUT2D eigenvalue weighted by molar-refractivity contribution is 5.76. The maximum Gasteiger partial charge on any atom is 0.126 e. The zero-order valence-corrected chi connectivity index (χ0v) is 11.7. The largest absolute Gasteiger partial charge is 0.327 e. The minimum absolute atomic E-state index is 0.137. The molecule has 2 aromatic rings. The molecule has 0 aliphatic heterocycles. The van der Waals surface area contributed by atoms with Crippen molar-refractivity contribution in [2.45, 2.75) is 52.1 Å². The topological polar surface area (TPSA) is 43.8 Å². The van der Waals surface area contributed by atoms with Crippen molar-refractivity contribution in [3.63, 3.8) is 0 Å². The van der Waals surface area contributed by atoms with Gasteiger partial charge in [0.05, 0.1) is 17.1 Å². The van der Waals surface area contributed by atoms with Gasteiger partial charge in [0.2, 0.25) is 0 Å². The molecular weight excluding hydrogens is 241 g/mol. The highest BCUT2D eigenvalue weighted by Crippen LogP contribution is 2.21. The summed E-state index contributed by atoms with van der Waals surface area (Å²) in [6.45, 7) is 5.02. The van der Waals surface area contributed by atoms with Gasteiger partial charge >= 0.3 is 0 Å². The number of nitrogens with two attached hydrogens (primary N) is 1. The van der Waals surface area contributed by atoms with Crippen LogP contribution in [0.1, 0.15) is 51.4 Å². The van der Waals surface area contributed by atoms with Gasteiger partial charge in [-0.15, -0.1) is 0 Å². The zero-order chi connectivity index (χ0) is 13.8. The Morgan fingerprint density at radius 2 is 2.11 bits per heavy atom. The second kappa shape index (κ2) is 6.15. The van der Waals surface area contributed by atoms with Gasteiger partial charge in [0, 0.05) is 12.6 Å². The molecule has 4 heteroatoms. The van der Waals surface area contributed by atoms with E-state index in [1.165, 1.54) is 31.4 Å². The molecule has 0 spiro atoms. The molecule has 1 atom stereocenters. The van der Waals surface area contributed by atoms with Gasteiger partial charge in [-0.2, -0.15) is 0 Å². The van der Waals surface area contributed by atoms with E-state index in [-0.39, 0.29) is 11.9 Å². The van der Waals surface area contributed by atoms with Crippen molar-refractivity contribution in [2.75, 3.05) is 0 Å². The van der Waals surface area contributed by atoms with Crippen molar-refractivity contribution >= 4 is 11.0 Å². The first-order chi connectivity index (χ1) is 9.13. The Kier molecular flexibility index (Phi) is 4.53. The van der Waals surface area contributed by atoms with Gasteiger partial charge in [0.15, 0.2) is 0 Å². The summed E-state index contributed by atoms with van der Waals surface area (Å²) in [5, 5.41) is 0. The number of imidazole rings is 1. The van der Waals surface area contributed by atoms with E-state index >= 15 is 0 Å². The summed E-state index contributed by atoms with van der Waals surface area (Å²) in [5.41, 5.74) is 7.64. The van der Waals surface area contributed by atoms with Gasteiger partial charge in [-0.3, -0.25) is 0 Å². The van der Waals surface area contributed by atoms with E-state index in [4.69, 9.17) is 5.73 Å². The summed E-state index contributed by atoms with van der Waals surface area (Å²) in [7, 11) is 0. The monoisotopic (exact) mass is 263 g/mol. The van der Waals surface area contributed by atoms with E-state index < -0.39 is 0 Å². The van der Waals surface area contributed by atoms with Crippen LogP contribution in [0.15, 0.2) is 18.2 Å². The van der Waals surface area contributed by atoms with Crippen molar-refractivity contribution in [1.82, 2.24) is 9.55 Å². The molecule has 1 heterocycles. The number of unbranched alkanes of at least 4 members (excludes halogenated alkanes) is 3. The molecule has 0 fully saturated rings. The first-order valence-corrected chi connectivity index (χ1v) is 7.04. The average molecular weight is 263 g/mol. The number of benzene rings is 1. The third kappa shape index (κ3) is 3.13. The van der Waals surface area contributed by atoms with Crippen LogP contribution in [-0.2, 0) is 6.54 Å². The molecule has 1 aromatic heterocycles. The number of halogens is 1. The quantitative estimate of drug-likeness (QED) is 0.806. The van der Waals surface area contributed by atoms with Crippen LogP contribution in [0, 0.1) is 5.82 Å². The van der Waals surface area contributed by atoms with Gasteiger partial charge in [0.25, 0.3) is 0 Å². The number of hydrogen-bond donors (Lipinski definition) is 1. The fourth-order valence-corrected chi connectivity index (χ4v) is 2.40. The molecular formula is C15H22FN3. The Morgan fingerprint density at radius 3 is 2.79 bits per heavy atom. The molecule has 2 rings (SSSR count). The molecule has 104 valence electrons. The average Bonchev–Trinajstić information content (AvgIpc) is 2.72. The molecule has 2 N–H and O–H groups in total. The maximum absolute atomic E-state index is 13.3. The van der Waals surface area contributed by atoms with Gasteiger partial charge in [0.1, 0.15) is 11.6 Å². The molecule has 0 aliphatic carbocycles. The lowest BCUT2D eigenvalue weighted by Crippen LogP contribution is -2.13. The third-order valence-electron chi connectivity index (χ3n) is 3.38. The van der Waals surface area contributed by atoms with Crippen molar-refractivity contribution < 1.29 is 4.39 Å². The normalized spacial score (nSPS) is 13.1. The molecule has 0 saturated carbocycles. The van der Waals surface area contributed by atoms with Crippen LogP contribution in [0.5, 0.6) is 0 Å². The first-order valence-electron chi connectivity index (χ1n) is 7.04. The molecule has 0 aliphatic rings. The van der Waals surface area contributed by atoms with Crippen LogP contribution in [0.2, 0.25) is 0 Å². The summed E-state index contributed by atoms with van der Waals surface area (Å²) in [4.78, 5) is 4.47. The van der Waals surface area contributed by atoms with Crippen LogP contribution in [0.4, 0.5) is 4.39 Å². The Hall–Kier alpha value is -1.42. The summed E-state index contributed by atoms with van der Waals surface area (Å²) in [6.07, 6.45) is 4.77. The van der Waals surface area contributed by atoms with E-state index in [0.29, 0.717) is 5.52 Å². The second-order valence-electron chi connectivity index (χ2n) is 5.10. The lowest BCUT2D eigenvalue weighted by atomic mass is 10.2. The number of nitrogens with zero attached hydrogens (tertiary/aromatic N) is 2. The Bertz CT molecular complexity index is 546. The third-order valence-corrected chi connectivity index (χ3v) is 3.38. The molecule has 19 heavy (non-hydrogen) atoms. The predicted octanol–water partition coefficient (Wildman–Crippen LogP) is 3.78. The van der Waals surface area contributed by atoms with E-state index in [1.807, 2.05) is 6.92 Å². The fourth-order valence-electron chi connectivity index (χ4n) is 2.40. The lowest BCUT2D eigenvalue weighted by Gasteiger charge is -2.11. The van der Waals surface area contributed by atoms with Crippen LogP contribution >= 0.6 is 0 Å². The van der Waals surface area contributed by atoms with Crippen molar-refractivity contribution in [3.8, 4) is 0 Å². The highest BCUT2D eigenvalue weighted by Gasteiger charge is 2.13. The van der Waals surface area contributed by atoms with Gasteiger partial charge < -0.3 is 10.3 Å². The number of aryl methyl sites for hydroxylation is 1. The zero-order valence-electron chi connectivity index (χ0n) is 11.7. The summed E-state index contributed by atoms with van der Waals surface area (Å²) in [5.74, 6) is 0.594. The predicted molar refractivity (Wildman–Crippen MR) is 76.4 cm³/mol. The van der Waals surface area contributed by atoms with Crippen molar-refractivity contribution in [1.29, 1.82) is 0 Å². The fraction of sp³-hybridized carbons (Fsp3) is 0.533. The van der Waals surface area contributed by atoms with E-state index in [2.05, 4.69) is 16.5 Å².